The Kier molecular flexibility index (Phi) is 2.17. The lowest BCUT2D eigenvalue weighted by atomic mass is 10.0. The zero-order valence-electron chi connectivity index (χ0n) is 9.18. The molecule has 0 saturated heterocycles. The highest BCUT2D eigenvalue weighted by atomic mass is 16.6. The summed E-state index contributed by atoms with van der Waals surface area (Å²) in [5, 5.41) is 20.3. The minimum absolute atomic E-state index is 0.0313. The molecule has 0 heterocycles. The van der Waals surface area contributed by atoms with Crippen LogP contribution in [0.4, 0.5) is 5.69 Å². The normalized spacial score (nSPS) is 26.4. The van der Waals surface area contributed by atoms with E-state index in [9.17, 15) is 15.2 Å². The fraction of sp³-hybridized carbons (Fsp3) is 0.455. The number of hydrogen-bond donors (Lipinski definition) is 2. The molecule has 2 atom stereocenters. The molecule has 1 aliphatic carbocycles. The molecular formula is C11H14N2O3. The Morgan fingerprint density at radius 1 is 1.50 bits per heavy atom. The first-order valence-electron chi connectivity index (χ1n) is 5.08. The third kappa shape index (κ3) is 1.44. The van der Waals surface area contributed by atoms with E-state index < -0.39 is 4.92 Å². The molecular weight excluding hydrogens is 208 g/mol. The minimum Gasteiger partial charge on any atom is -0.508 e. The van der Waals surface area contributed by atoms with Gasteiger partial charge in [-0.1, -0.05) is 13.8 Å². The number of aromatic hydroxyl groups is 1. The third-order valence-corrected chi connectivity index (χ3v) is 3.45. The van der Waals surface area contributed by atoms with E-state index in [4.69, 9.17) is 5.73 Å². The second-order valence-electron chi connectivity index (χ2n) is 4.83. The van der Waals surface area contributed by atoms with Gasteiger partial charge in [0, 0.05) is 23.6 Å². The number of hydrogen-bond acceptors (Lipinski definition) is 4. The maximum atomic E-state index is 10.9. The topological polar surface area (TPSA) is 89.4 Å². The van der Waals surface area contributed by atoms with Crippen molar-refractivity contribution in [2.45, 2.75) is 25.8 Å². The van der Waals surface area contributed by atoms with Gasteiger partial charge in [0.25, 0.3) is 5.69 Å². The molecule has 3 N–H and O–H groups in total. The van der Waals surface area contributed by atoms with Crippen LogP contribution in [-0.2, 0) is 0 Å². The molecule has 5 nitrogen and oxygen atoms in total. The van der Waals surface area contributed by atoms with Gasteiger partial charge in [0.05, 0.1) is 4.92 Å². The van der Waals surface area contributed by atoms with E-state index in [1.807, 2.05) is 13.8 Å². The minimum atomic E-state index is -0.435. The third-order valence-electron chi connectivity index (χ3n) is 3.45. The molecule has 0 unspecified atom stereocenters. The Morgan fingerprint density at radius 2 is 2.06 bits per heavy atom. The molecule has 1 saturated carbocycles. The Hall–Kier alpha value is -1.62. The number of nitro benzene ring substituents is 1. The van der Waals surface area contributed by atoms with Crippen molar-refractivity contribution in [2.75, 3.05) is 0 Å². The van der Waals surface area contributed by atoms with Crippen LogP contribution in [0.1, 0.15) is 25.3 Å². The van der Waals surface area contributed by atoms with Crippen LogP contribution >= 0.6 is 0 Å². The average Bonchev–Trinajstić information content (AvgIpc) is 2.65. The van der Waals surface area contributed by atoms with Gasteiger partial charge in [0.15, 0.2) is 0 Å². The van der Waals surface area contributed by atoms with E-state index in [-0.39, 0.29) is 28.8 Å². The van der Waals surface area contributed by atoms with E-state index >= 15 is 0 Å². The molecule has 1 fully saturated rings. The first-order valence-corrected chi connectivity index (χ1v) is 5.08. The molecule has 16 heavy (non-hydrogen) atoms. The molecule has 1 aliphatic rings. The van der Waals surface area contributed by atoms with Crippen molar-refractivity contribution in [3.05, 3.63) is 33.9 Å². The highest BCUT2D eigenvalue weighted by Crippen LogP contribution is 2.59. The van der Waals surface area contributed by atoms with Crippen molar-refractivity contribution >= 4 is 5.69 Å². The maximum Gasteiger partial charge on any atom is 0.273 e. The van der Waals surface area contributed by atoms with Gasteiger partial charge in [0.1, 0.15) is 5.75 Å². The van der Waals surface area contributed by atoms with Crippen LogP contribution < -0.4 is 5.73 Å². The Morgan fingerprint density at radius 3 is 2.50 bits per heavy atom. The second kappa shape index (κ2) is 3.18. The van der Waals surface area contributed by atoms with E-state index in [0.29, 0.717) is 5.56 Å². The smallest absolute Gasteiger partial charge is 0.273 e. The average molecular weight is 222 g/mol. The van der Waals surface area contributed by atoms with Gasteiger partial charge in [-0.2, -0.15) is 0 Å². The molecule has 0 aromatic heterocycles. The van der Waals surface area contributed by atoms with Gasteiger partial charge in [-0.15, -0.1) is 0 Å². The molecule has 0 radical (unpaired) electrons. The standard InChI is InChI=1S/C11H14N2O3/c1-11(2)9(10(11)12)7-5-6(14)3-4-8(7)13(15)16/h3-5,9-10,14H,12H2,1-2H3/t9-,10-/m1/s1. The van der Waals surface area contributed by atoms with E-state index in [2.05, 4.69) is 0 Å². The molecule has 0 aliphatic heterocycles. The quantitative estimate of drug-likeness (QED) is 0.589. The summed E-state index contributed by atoms with van der Waals surface area (Å²) in [6.07, 6.45) is 0. The van der Waals surface area contributed by atoms with Gasteiger partial charge in [0.2, 0.25) is 0 Å². The predicted octanol–water partition coefficient (Wildman–Crippen LogP) is 1.75. The first-order chi connectivity index (χ1) is 7.35. The highest BCUT2D eigenvalue weighted by Gasteiger charge is 2.58. The van der Waals surface area contributed by atoms with Gasteiger partial charge >= 0.3 is 0 Å². The van der Waals surface area contributed by atoms with Crippen LogP contribution in [0.3, 0.4) is 0 Å². The van der Waals surface area contributed by atoms with Crippen molar-refractivity contribution in [2.24, 2.45) is 11.1 Å². The lowest BCUT2D eigenvalue weighted by Gasteiger charge is -2.04. The highest BCUT2D eigenvalue weighted by molar-refractivity contribution is 5.51. The van der Waals surface area contributed by atoms with Crippen LogP contribution in [0.15, 0.2) is 18.2 Å². The predicted molar refractivity (Wildman–Crippen MR) is 59.3 cm³/mol. The molecule has 0 amide bonds. The fourth-order valence-corrected chi connectivity index (χ4v) is 2.23. The fourth-order valence-electron chi connectivity index (χ4n) is 2.23. The van der Waals surface area contributed by atoms with Crippen molar-refractivity contribution in [1.29, 1.82) is 0 Å². The molecule has 1 aromatic carbocycles. The number of phenols is 1. The van der Waals surface area contributed by atoms with Gasteiger partial charge in [-0.25, -0.2) is 0 Å². The second-order valence-corrected chi connectivity index (χ2v) is 4.83. The van der Waals surface area contributed by atoms with Crippen molar-refractivity contribution < 1.29 is 10.0 Å². The van der Waals surface area contributed by atoms with Crippen LogP contribution in [0, 0.1) is 15.5 Å². The number of phenolic OH excluding ortho intramolecular Hbond substituents is 1. The number of nitrogens with two attached hydrogens (primary N) is 1. The van der Waals surface area contributed by atoms with Crippen LogP contribution in [-0.4, -0.2) is 16.1 Å². The Bertz CT molecular complexity index is 457. The van der Waals surface area contributed by atoms with Crippen molar-refractivity contribution in [1.82, 2.24) is 0 Å². The summed E-state index contributed by atoms with van der Waals surface area (Å²) in [5.41, 5.74) is 6.31. The monoisotopic (exact) mass is 222 g/mol. The number of rotatable bonds is 2. The van der Waals surface area contributed by atoms with Crippen LogP contribution in [0.25, 0.3) is 0 Å². The maximum absolute atomic E-state index is 10.9. The summed E-state index contributed by atoms with van der Waals surface area (Å²) in [4.78, 5) is 10.4. The number of benzene rings is 1. The summed E-state index contributed by atoms with van der Waals surface area (Å²) in [5.74, 6) is -0.0181. The molecule has 86 valence electrons. The lowest BCUT2D eigenvalue weighted by Crippen LogP contribution is -2.06. The molecule has 0 bridgehead atoms. The zero-order valence-corrected chi connectivity index (χ0v) is 9.18. The van der Waals surface area contributed by atoms with Crippen molar-refractivity contribution in [3.63, 3.8) is 0 Å². The Labute approximate surface area is 93.0 Å². The van der Waals surface area contributed by atoms with Crippen LogP contribution in [0.5, 0.6) is 5.75 Å². The summed E-state index contributed by atoms with van der Waals surface area (Å²) < 4.78 is 0. The molecule has 1 aromatic rings. The van der Waals surface area contributed by atoms with Gasteiger partial charge < -0.3 is 10.8 Å². The zero-order chi connectivity index (χ0) is 12.1. The molecule has 0 spiro atoms. The van der Waals surface area contributed by atoms with Gasteiger partial charge in [-0.3, -0.25) is 10.1 Å². The van der Waals surface area contributed by atoms with E-state index in [1.54, 1.807) is 0 Å². The van der Waals surface area contributed by atoms with E-state index in [0.717, 1.165) is 0 Å². The SMILES string of the molecule is CC1(C)[C@H](N)[C@H]1c1cc(O)ccc1[N+](=O)[O-]. The number of nitrogens with zero attached hydrogens (tertiary/aromatic N) is 1. The van der Waals surface area contributed by atoms with E-state index in [1.165, 1.54) is 18.2 Å². The molecule has 2 rings (SSSR count). The van der Waals surface area contributed by atoms with Crippen molar-refractivity contribution in [3.8, 4) is 5.75 Å². The first kappa shape index (κ1) is 10.9. The number of nitro groups is 1. The molecule has 5 heteroatoms. The summed E-state index contributed by atoms with van der Waals surface area (Å²) >= 11 is 0. The summed E-state index contributed by atoms with van der Waals surface area (Å²) in [6.45, 7) is 3.94. The van der Waals surface area contributed by atoms with Crippen LogP contribution in [0.2, 0.25) is 0 Å². The van der Waals surface area contributed by atoms with Gasteiger partial charge in [-0.05, 0) is 17.5 Å². The summed E-state index contributed by atoms with van der Waals surface area (Å²) in [7, 11) is 0. The lowest BCUT2D eigenvalue weighted by molar-refractivity contribution is -0.385. The largest absolute Gasteiger partial charge is 0.508 e. The summed E-state index contributed by atoms with van der Waals surface area (Å²) in [6, 6.07) is 4.00. The Balaban J connectivity index is 2.48.